The Morgan fingerprint density at radius 2 is 1.57 bits per heavy atom. The van der Waals surface area contributed by atoms with Crippen LogP contribution < -0.4 is 15.4 Å². The number of ether oxygens (including phenoxy) is 1. The maximum absolute atomic E-state index is 12.4. The molecule has 0 aliphatic rings. The number of methoxy groups -OCH3 is 1. The number of carbonyl (C=O) groups excluding carboxylic acids is 1. The summed E-state index contributed by atoms with van der Waals surface area (Å²) in [7, 11) is 1.68. The quantitative estimate of drug-likeness (QED) is 0.614. The van der Waals surface area contributed by atoms with Gasteiger partial charge in [0.1, 0.15) is 11.8 Å². The number of hydrogen-bond donors (Lipinski definition) is 2. The summed E-state index contributed by atoms with van der Waals surface area (Å²) in [6.07, 6.45) is 0.772. The number of rotatable bonds is 8. The number of benzene rings is 3. The van der Waals surface area contributed by atoms with Crippen molar-refractivity contribution in [2.75, 3.05) is 12.4 Å². The molecule has 1 amide bonds. The van der Waals surface area contributed by atoms with Crippen molar-refractivity contribution < 1.29 is 9.53 Å². The summed E-state index contributed by atoms with van der Waals surface area (Å²) >= 11 is 0. The van der Waals surface area contributed by atoms with Crippen LogP contribution in [-0.4, -0.2) is 19.1 Å². The summed E-state index contributed by atoms with van der Waals surface area (Å²) in [6.45, 7) is 2.38. The van der Waals surface area contributed by atoms with Gasteiger partial charge in [0.25, 0.3) is 0 Å². The first-order chi connectivity index (χ1) is 13.7. The Balaban J connectivity index is 1.64. The Morgan fingerprint density at radius 1 is 0.929 bits per heavy atom. The van der Waals surface area contributed by atoms with E-state index in [9.17, 15) is 4.79 Å². The molecule has 144 valence electrons. The number of nitrogens with one attached hydrogen (secondary N) is 2. The van der Waals surface area contributed by atoms with Gasteiger partial charge in [0, 0.05) is 24.2 Å². The van der Waals surface area contributed by atoms with Gasteiger partial charge in [-0.25, -0.2) is 0 Å². The molecule has 1 unspecified atom stereocenters. The average Bonchev–Trinajstić information content (AvgIpc) is 2.73. The van der Waals surface area contributed by atoms with Crippen molar-refractivity contribution in [1.82, 2.24) is 5.32 Å². The first-order valence-electron chi connectivity index (χ1n) is 9.44. The molecule has 3 rings (SSSR count). The van der Waals surface area contributed by atoms with Crippen LogP contribution in [0, 0.1) is 0 Å². The Bertz CT molecular complexity index is 895. The molecule has 4 heteroatoms. The topological polar surface area (TPSA) is 50.4 Å². The van der Waals surface area contributed by atoms with E-state index in [2.05, 4.69) is 22.8 Å². The van der Waals surface area contributed by atoms with E-state index in [1.165, 1.54) is 5.56 Å². The second-order valence-corrected chi connectivity index (χ2v) is 6.76. The van der Waals surface area contributed by atoms with Crippen LogP contribution in [0.1, 0.15) is 23.6 Å². The zero-order valence-electron chi connectivity index (χ0n) is 16.3. The number of anilines is 1. The average molecular weight is 374 g/mol. The molecule has 0 saturated carbocycles. The Hall–Kier alpha value is -3.27. The van der Waals surface area contributed by atoms with Crippen molar-refractivity contribution in [3.63, 3.8) is 0 Å². The lowest BCUT2D eigenvalue weighted by atomic mass is 10.0. The zero-order valence-corrected chi connectivity index (χ0v) is 16.3. The van der Waals surface area contributed by atoms with Crippen LogP contribution in [0.5, 0.6) is 5.75 Å². The molecule has 1 atom stereocenters. The first-order valence-corrected chi connectivity index (χ1v) is 9.44. The fraction of sp³-hybridized carbons (Fsp3) is 0.208. The van der Waals surface area contributed by atoms with Crippen LogP contribution in [0.2, 0.25) is 0 Å². The third-order valence-electron chi connectivity index (χ3n) is 4.60. The van der Waals surface area contributed by atoms with Crippen molar-refractivity contribution >= 4 is 11.6 Å². The summed E-state index contributed by atoms with van der Waals surface area (Å²) < 4.78 is 5.51. The predicted molar refractivity (Wildman–Crippen MR) is 114 cm³/mol. The smallest absolute Gasteiger partial charge is 0.242 e. The van der Waals surface area contributed by atoms with Crippen molar-refractivity contribution in [2.24, 2.45) is 0 Å². The monoisotopic (exact) mass is 374 g/mol. The summed E-state index contributed by atoms with van der Waals surface area (Å²) in [6, 6.07) is 25.7. The van der Waals surface area contributed by atoms with E-state index in [0.29, 0.717) is 6.54 Å². The molecule has 0 bridgehead atoms. The van der Waals surface area contributed by atoms with Gasteiger partial charge in [-0.1, -0.05) is 60.7 Å². The van der Waals surface area contributed by atoms with Gasteiger partial charge in [-0.15, -0.1) is 0 Å². The van der Waals surface area contributed by atoms with Crippen molar-refractivity contribution in [2.45, 2.75) is 25.9 Å². The summed E-state index contributed by atoms with van der Waals surface area (Å²) in [5.74, 6) is 0.805. The van der Waals surface area contributed by atoms with Crippen molar-refractivity contribution in [3.05, 3.63) is 95.6 Å². The summed E-state index contributed by atoms with van der Waals surface area (Å²) in [5, 5.41) is 6.26. The molecule has 0 heterocycles. The zero-order chi connectivity index (χ0) is 19.8. The van der Waals surface area contributed by atoms with Gasteiger partial charge < -0.3 is 15.4 Å². The van der Waals surface area contributed by atoms with Crippen LogP contribution in [0.25, 0.3) is 0 Å². The lowest BCUT2D eigenvalue weighted by Gasteiger charge is -2.17. The SMILES string of the molecule is COc1ccc(NC(C)C(=O)NCc2ccccc2)cc1Cc1ccccc1. The standard InChI is InChI=1S/C24H26N2O2/c1-18(24(27)25-17-20-11-7-4-8-12-20)26-22-13-14-23(28-2)21(16-22)15-19-9-5-3-6-10-19/h3-14,16,18,26H,15,17H2,1-2H3,(H,25,27). The van der Waals surface area contributed by atoms with E-state index in [-0.39, 0.29) is 11.9 Å². The van der Waals surface area contributed by atoms with E-state index in [1.54, 1.807) is 7.11 Å². The van der Waals surface area contributed by atoms with Crippen LogP contribution in [0.15, 0.2) is 78.9 Å². The number of hydrogen-bond acceptors (Lipinski definition) is 3. The molecule has 0 radical (unpaired) electrons. The van der Waals surface area contributed by atoms with Gasteiger partial charge >= 0.3 is 0 Å². The van der Waals surface area contributed by atoms with Gasteiger partial charge in [-0.05, 0) is 36.2 Å². The second-order valence-electron chi connectivity index (χ2n) is 6.76. The molecule has 3 aromatic rings. The van der Waals surface area contributed by atoms with E-state index in [4.69, 9.17) is 4.74 Å². The highest BCUT2D eigenvalue weighted by molar-refractivity contribution is 5.84. The van der Waals surface area contributed by atoms with Gasteiger partial charge in [0.2, 0.25) is 5.91 Å². The Kier molecular flexibility index (Phi) is 6.68. The van der Waals surface area contributed by atoms with Crippen LogP contribution >= 0.6 is 0 Å². The van der Waals surface area contributed by atoms with Gasteiger partial charge in [0.15, 0.2) is 0 Å². The molecule has 0 spiro atoms. The van der Waals surface area contributed by atoms with Crippen LogP contribution in [0.4, 0.5) is 5.69 Å². The van der Waals surface area contributed by atoms with Crippen molar-refractivity contribution in [3.8, 4) is 5.75 Å². The maximum atomic E-state index is 12.4. The second kappa shape index (κ2) is 9.60. The molecule has 0 fully saturated rings. The third-order valence-corrected chi connectivity index (χ3v) is 4.60. The molecule has 0 aromatic heterocycles. The summed E-state index contributed by atoms with van der Waals surface area (Å²) in [5.41, 5.74) is 4.27. The highest BCUT2D eigenvalue weighted by Gasteiger charge is 2.13. The summed E-state index contributed by atoms with van der Waals surface area (Å²) in [4.78, 5) is 12.4. The highest BCUT2D eigenvalue weighted by Crippen LogP contribution is 2.25. The fourth-order valence-electron chi connectivity index (χ4n) is 3.08. The van der Waals surface area contributed by atoms with E-state index < -0.39 is 0 Å². The molecule has 0 aliphatic heterocycles. The molecular weight excluding hydrogens is 348 g/mol. The predicted octanol–water partition coefficient (Wildman–Crippen LogP) is 4.40. The molecule has 3 aromatic carbocycles. The third kappa shape index (κ3) is 5.36. The maximum Gasteiger partial charge on any atom is 0.242 e. The van der Waals surface area contributed by atoms with Crippen LogP contribution in [0.3, 0.4) is 0 Å². The molecule has 28 heavy (non-hydrogen) atoms. The fourth-order valence-corrected chi connectivity index (χ4v) is 3.08. The molecule has 0 saturated heterocycles. The normalized spacial score (nSPS) is 11.5. The van der Waals surface area contributed by atoms with Gasteiger partial charge in [0.05, 0.1) is 7.11 Å². The first kappa shape index (κ1) is 19.5. The molecule has 2 N–H and O–H groups in total. The highest BCUT2D eigenvalue weighted by atomic mass is 16.5. The number of amides is 1. The van der Waals surface area contributed by atoms with Crippen LogP contribution in [-0.2, 0) is 17.8 Å². The van der Waals surface area contributed by atoms with E-state index in [0.717, 1.165) is 29.0 Å². The molecule has 4 nitrogen and oxygen atoms in total. The minimum absolute atomic E-state index is 0.0377. The molecular formula is C24H26N2O2. The Labute approximate surface area is 166 Å². The van der Waals surface area contributed by atoms with Crippen molar-refractivity contribution in [1.29, 1.82) is 0 Å². The van der Waals surface area contributed by atoms with E-state index >= 15 is 0 Å². The number of carbonyl (C=O) groups is 1. The van der Waals surface area contributed by atoms with Gasteiger partial charge in [-0.3, -0.25) is 4.79 Å². The van der Waals surface area contributed by atoms with E-state index in [1.807, 2.05) is 73.7 Å². The minimum atomic E-state index is -0.346. The lowest BCUT2D eigenvalue weighted by Crippen LogP contribution is -2.37. The largest absolute Gasteiger partial charge is 0.496 e. The molecule has 0 aliphatic carbocycles. The Morgan fingerprint density at radius 3 is 2.21 bits per heavy atom. The van der Waals surface area contributed by atoms with Gasteiger partial charge in [-0.2, -0.15) is 0 Å². The lowest BCUT2D eigenvalue weighted by molar-refractivity contribution is -0.121. The minimum Gasteiger partial charge on any atom is -0.496 e.